The van der Waals surface area contributed by atoms with Crippen molar-refractivity contribution in [1.29, 1.82) is 0 Å². The van der Waals surface area contributed by atoms with E-state index in [1.807, 2.05) is 0 Å². The minimum Gasteiger partial charge on any atom is -0.748 e. The van der Waals surface area contributed by atoms with Gasteiger partial charge in [-0.1, -0.05) is 194 Å². The van der Waals surface area contributed by atoms with E-state index in [-0.39, 0.29) is 55.4 Å². The summed E-state index contributed by atoms with van der Waals surface area (Å²) >= 11 is 0. The summed E-state index contributed by atoms with van der Waals surface area (Å²) in [4.78, 5) is 0. The number of rotatable bonds is 33. The van der Waals surface area contributed by atoms with Crippen LogP contribution in [0.2, 0.25) is 0 Å². The summed E-state index contributed by atoms with van der Waals surface area (Å²) < 4.78 is 92.8. The Balaban J connectivity index is -0.000000307. The third kappa shape index (κ3) is 67.7. The Labute approximate surface area is 335 Å². The summed E-state index contributed by atoms with van der Waals surface area (Å²) in [6.45, 7) is 6.64. The molecule has 0 aliphatic carbocycles. The molecule has 0 bridgehead atoms. The first kappa shape index (κ1) is 56.7. The van der Waals surface area contributed by atoms with Gasteiger partial charge in [-0.15, -0.1) is 0 Å². The van der Waals surface area contributed by atoms with E-state index in [1.54, 1.807) is 0 Å². The maximum absolute atomic E-state index is 10.3. The predicted octanol–water partition coefficient (Wildman–Crippen LogP) is 10.4. The Hall–Kier alpha value is 1.00. The van der Waals surface area contributed by atoms with Crippen LogP contribution in [0.25, 0.3) is 0 Å². The molecule has 0 aromatic carbocycles. The Morgan fingerprint density at radius 2 is 0.388 bits per heavy atom. The number of hydrogen-bond acceptors (Lipinski definition) is 9. The number of unbranched alkanes of at least 4 members (excludes halogenated alkanes) is 27. The van der Waals surface area contributed by atoms with Crippen molar-refractivity contribution in [3.8, 4) is 0 Å². The molecule has 0 amide bonds. The van der Waals surface area contributed by atoms with E-state index >= 15 is 0 Å². The molecule has 49 heavy (non-hydrogen) atoms. The maximum atomic E-state index is 10.3. The molecule has 1 radical (unpaired) electrons. The summed E-state index contributed by atoms with van der Waals surface area (Å²) in [7, 11) is -11.9. The molecule has 0 aliphatic rings. The quantitative estimate of drug-likeness (QED) is 0.0459. The first-order chi connectivity index (χ1) is 22.7. The zero-order valence-electron chi connectivity index (χ0n) is 31.5. The molecule has 0 rings (SSSR count). The molecule has 0 saturated heterocycles. The molecule has 0 heterocycles. The Kier molecular flexibility index (Phi) is 48.3. The Morgan fingerprint density at radius 1 is 0.265 bits per heavy atom. The smallest absolute Gasteiger partial charge is 0.748 e. The molecule has 0 atom stereocenters. The van der Waals surface area contributed by atoms with Gasteiger partial charge in [0.25, 0.3) is 0 Å². The van der Waals surface area contributed by atoms with Gasteiger partial charge in [0.1, 0.15) is 0 Å². The van der Waals surface area contributed by atoms with Crippen LogP contribution in [0, 0.1) is 38.2 Å². The third-order valence-corrected chi connectivity index (χ3v) is 10.6. The molecule has 0 aromatic heterocycles. The van der Waals surface area contributed by atoms with Crippen molar-refractivity contribution in [3.63, 3.8) is 0 Å². The normalized spacial score (nSPS) is 11.6. The number of hydrogen-bond donors (Lipinski definition) is 0. The second-order valence-electron chi connectivity index (χ2n) is 13.3. The molecule has 0 aliphatic heterocycles. The van der Waals surface area contributed by atoms with Crippen LogP contribution in [0.4, 0.5) is 0 Å². The fraction of sp³-hybridized carbons (Fsp3) is 1.00. The van der Waals surface area contributed by atoms with Gasteiger partial charge in [0.2, 0.25) is 0 Å². The van der Waals surface area contributed by atoms with Crippen LogP contribution < -0.4 is 0 Å². The first-order valence-electron chi connectivity index (χ1n) is 19.5. The fourth-order valence-corrected chi connectivity index (χ4v) is 6.97. The van der Waals surface area contributed by atoms with Crippen LogP contribution in [0.3, 0.4) is 0 Å². The largest absolute Gasteiger partial charge is 3.00 e. The summed E-state index contributed by atoms with van der Waals surface area (Å²) in [5.74, 6) is -0.573. The predicted molar refractivity (Wildman–Crippen MR) is 199 cm³/mol. The van der Waals surface area contributed by atoms with E-state index in [0.717, 1.165) is 38.5 Å². The van der Waals surface area contributed by atoms with Crippen LogP contribution in [0.15, 0.2) is 0 Å². The van der Waals surface area contributed by atoms with E-state index in [1.165, 1.54) is 135 Å². The van der Waals surface area contributed by atoms with Crippen molar-refractivity contribution < 1.29 is 77.1 Å². The van der Waals surface area contributed by atoms with Gasteiger partial charge in [-0.05, 0) is 19.3 Å². The van der Waals surface area contributed by atoms with Crippen molar-refractivity contribution in [1.82, 2.24) is 0 Å². The topological polar surface area (TPSA) is 172 Å². The van der Waals surface area contributed by atoms with Gasteiger partial charge in [0.15, 0.2) is 0 Å². The van der Waals surface area contributed by atoms with Crippen LogP contribution in [0.5, 0.6) is 0 Å². The van der Waals surface area contributed by atoms with Crippen molar-refractivity contribution in [2.24, 2.45) is 0 Å². The van der Waals surface area contributed by atoms with Gasteiger partial charge >= 0.3 is 38.2 Å². The van der Waals surface area contributed by atoms with E-state index in [4.69, 9.17) is 0 Å². The zero-order chi connectivity index (χ0) is 36.8. The molecule has 0 N–H and O–H groups in total. The Morgan fingerprint density at radius 3 is 0.510 bits per heavy atom. The van der Waals surface area contributed by atoms with Gasteiger partial charge < -0.3 is 13.7 Å². The molecule has 0 saturated carbocycles. The summed E-state index contributed by atoms with van der Waals surface area (Å²) in [5.41, 5.74) is 0. The van der Waals surface area contributed by atoms with Gasteiger partial charge in [0.05, 0.1) is 30.4 Å². The van der Waals surface area contributed by atoms with E-state index in [9.17, 15) is 38.9 Å². The second-order valence-corrected chi connectivity index (χ2v) is 17.9. The van der Waals surface area contributed by atoms with Gasteiger partial charge in [-0.25, -0.2) is 25.3 Å². The van der Waals surface area contributed by atoms with E-state index in [0.29, 0.717) is 19.3 Å². The SMILES string of the molecule is CCCCCCCCCCCCS(=O)(=O)[O-].CCCCCCCCCCCCS(=O)(=O)[O-].CCCCCCCCCCCCS(=O)(=O)[O-].[Dy+3]. The Bertz CT molecular complexity index is 835. The standard InChI is InChI=1S/3C12H26O3S.Dy/c3*1-2-3-4-5-6-7-8-9-10-11-12-16(13,14)15;/h3*2-12H2,1H3,(H,13,14,15);/q;;;+3/p-3. The monoisotopic (exact) mass is 911 g/mol. The van der Waals surface area contributed by atoms with Crippen LogP contribution >= 0.6 is 0 Å². The van der Waals surface area contributed by atoms with Gasteiger partial charge in [0, 0.05) is 17.3 Å². The van der Waals surface area contributed by atoms with Crippen LogP contribution in [-0.4, -0.2) is 56.2 Å². The van der Waals surface area contributed by atoms with Crippen molar-refractivity contribution in [3.05, 3.63) is 0 Å². The summed E-state index contributed by atoms with van der Waals surface area (Å²) in [6, 6.07) is 0. The molecule has 0 unspecified atom stereocenters. The van der Waals surface area contributed by atoms with E-state index < -0.39 is 30.4 Å². The molecule has 0 fully saturated rings. The van der Waals surface area contributed by atoms with Gasteiger partial charge in [-0.3, -0.25) is 0 Å². The minimum atomic E-state index is -3.98. The zero-order valence-corrected chi connectivity index (χ0v) is 36.0. The van der Waals surface area contributed by atoms with Gasteiger partial charge in [-0.2, -0.15) is 0 Å². The maximum Gasteiger partial charge on any atom is 3.00 e. The van der Waals surface area contributed by atoms with Crippen molar-refractivity contribution in [2.45, 2.75) is 213 Å². The summed E-state index contributed by atoms with van der Waals surface area (Å²) in [5, 5.41) is 0. The molecular formula is C36H75DyO9S3. The average molecular weight is 911 g/mol. The molecule has 301 valence electrons. The molecule has 9 nitrogen and oxygen atoms in total. The molecule has 13 heteroatoms. The molecule has 0 aromatic rings. The second kappa shape index (κ2) is 41.8. The van der Waals surface area contributed by atoms with Crippen molar-refractivity contribution in [2.75, 3.05) is 17.3 Å². The fourth-order valence-electron chi connectivity index (χ4n) is 5.30. The molecular weight excluding hydrogens is 835 g/mol. The van der Waals surface area contributed by atoms with Crippen LogP contribution in [-0.2, 0) is 30.4 Å². The third-order valence-electron chi connectivity index (χ3n) is 8.24. The van der Waals surface area contributed by atoms with Crippen molar-refractivity contribution >= 4 is 30.4 Å². The van der Waals surface area contributed by atoms with Crippen LogP contribution in [0.1, 0.15) is 213 Å². The average Bonchev–Trinajstić information content (AvgIpc) is 2.99. The first-order valence-corrected chi connectivity index (χ1v) is 24.2. The summed E-state index contributed by atoms with van der Waals surface area (Å²) in [6.07, 6.45) is 34.3. The molecule has 0 spiro atoms. The minimum absolute atomic E-state index is 0. The van der Waals surface area contributed by atoms with E-state index in [2.05, 4.69) is 20.8 Å².